The quantitative estimate of drug-likeness (QED) is 0.748. The standard InChI is InChI=1S/C15H16N4/c16-9-11-4-6-12(7-5-11)15-18-13(10-17)14-3-1-2-8-19(14)15/h1-8H,9-10,16-17H2. The van der Waals surface area contributed by atoms with Gasteiger partial charge in [-0.15, -0.1) is 0 Å². The molecule has 19 heavy (non-hydrogen) atoms. The first-order valence-corrected chi connectivity index (χ1v) is 6.29. The monoisotopic (exact) mass is 252 g/mol. The van der Waals surface area contributed by atoms with Gasteiger partial charge in [0.2, 0.25) is 0 Å². The number of hydrogen-bond donors (Lipinski definition) is 2. The Bertz CT molecular complexity index is 698. The summed E-state index contributed by atoms with van der Waals surface area (Å²) in [5.41, 5.74) is 15.5. The number of fused-ring (bicyclic) bond motifs is 1. The maximum Gasteiger partial charge on any atom is 0.144 e. The Hall–Kier alpha value is -2.17. The Morgan fingerprint density at radius 2 is 1.74 bits per heavy atom. The highest BCUT2D eigenvalue weighted by molar-refractivity contribution is 5.65. The van der Waals surface area contributed by atoms with Crippen molar-refractivity contribution in [2.45, 2.75) is 13.1 Å². The molecule has 96 valence electrons. The van der Waals surface area contributed by atoms with Crippen LogP contribution in [0.25, 0.3) is 16.9 Å². The van der Waals surface area contributed by atoms with Gasteiger partial charge in [0, 0.05) is 24.8 Å². The van der Waals surface area contributed by atoms with Gasteiger partial charge >= 0.3 is 0 Å². The number of imidazole rings is 1. The Balaban J connectivity index is 2.18. The Labute approximate surface area is 111 Å². The van der Waals surface area contributed by atoms with Crippen molar-refractivity contribution in [3.05, 3.63) is 59.9 Å². The Morgan fingerprint density at radius 1 is 0.947 bits per heavy atom. The van der Waals surface area contributed by atoms with Gasteiger partial charge in [-0.25, -0.2) is 4.98 Å². The Morgan fingerprint density at radius 3 is 2.42 bits per heavy atom. The van der Waals surface area contributed by atoms with Crippen LogP contribution in [0.2, 0.25) is 0 Å². The van der Waals surface area contributed by atoms with Crippen LogP contribution in [0, 0.1) is 0 Å². The second-order valence-electron chi connectivity index (χ2n) is 4.44. The first kappa shape index (κ1) is 11.9. The van der Waals surface area contributed by atoms with Gasteiger partial charge in [0.15, 0.2) is 0 Å². The van der Waals surface area contributed by atoms with Crippen molar-refractivity contribution in [2.24, 2.45) is 11.5 Å². The van der Waals surface area contributed by atoms with Crippen LogP contribution in [0.4, 0.5) is 0 Å². The summed E-state index contributed by atoms with van der Waals surface area (Å²) >= 11 is 0. The van der Waals surface area contributed by atoms with Crippen LogP contribution in [0.5, 0.6) is 0 Å². The van der Waals surface area contributed by atoms with E-state index < -0.39 is 0 Å². The van der Waals surface area contributed by atoms with E-state index in [9.17, 15) is 0 Å². The summed E-state index contributed by atoms with van der Waals surface area (Å²) in [6, 6.07) is 14.2. The highest BCUT2D eigenvalue weighted by Gasteiger charge is 2.10. The van der Waals surface area contributed by atoms with Gasteiger partial charge in [-0.2, -0.15) is 0 Å². The fraction of sp³-hybridized carbons (Fsp3) is 0.133. The molecule has 0 radical (unpaired) electrons. The topological polar surface area (TPSA) is 69.3 Å². The molecule has 0 atom stereocenters. The normalized spacial score (nSPS) is 11.1. The van der Waals surface area contributed by atoms with Crippen LogP contribution in [-0.2, 0) is 13.1 Å². The van der Waals surface area contributed by atoms with Crippen LogP contribution in [0.15, 0.2) is 48.7 Å². The lowest BCUT2D eigenvalue weighted by atomic mass is 10.1. The lowest BCUT2D eigenvalue weighted by molar-refractivity contribution is 1.02. The molecule has 1 aromatic carbocycles. The van der Waals surface area contributed by atoms with Crippen molar-refractivity contribution in [1.29, 1.82) is 0 Å². The van der Waals surface area contributed by atoms with Gasteiger partial charge in [-0.05, 0) is 17.7 Å². The van der Waals surface area contributed by atoms with E-state index in [4.69, 9.17) is 11.5 Å². The Kier molecular flexibility index (Phi) is 3.03. The summed E-state index contributed by atoms with van der Waals surface area (Å²) in [5, 5.41) is 0. The van der Waals surface area contributed by atoms with Crippen molar-refractivity contribution in [3.8, 4) is 11.4 Å². The number of aromatic nitrogens is 2. The van der Waals surface area contributed by atoms with Crippen LogP contribution in [0.1, 0.15) is 11.3 Å². The third-order valence-electron chi connectivity index (χ3n) is 3.27. The van der Waals surface area contributed by atoms with E-state index >= 15 is 0 Å². The minimum Gasteiger partial charge on any atom is -0.326 e. The predicted molar refractivity (Wildman–Crippen MR) is 76.4 cm³/mol. The summed E-state index contributed by atoms with van der Waals surface area (Å²) < 4.78 is 2.07. The number of hydrogen-bond acceptors (Lipinski definition) is 3. The van der Waals surface area contributed by atoms with Crippen LogP contribution in [0.3, 0.4) is 0 Å². The lowest BCUT2D eigenvalue weighted by Crippen LogP contribution is -1.97. The second-order valence-corrected chi connectivity index (χ2v) is 4.44. The van der Waals surface area contributed by atoms with Crippen LogP contribution < -0.4 is 11.5 Å². The zero-order chi connectivity index (χ0) is 13.2. The van der Waals surface area contributed by atoms with Crippen molar-refractivity contribution in [3.63, 3.8) is 0 Å². The smallest absolute Gasteiger partial charge is 0.144 e. The molecular formula is C15H16N4. The zero-order valence-corrected chi connectivity index (χ0v) is 10.6. The molecule has 2 aromatic heterocycles. The molecule has 2 heterocycles. The average Bonchev–Trinajstić information content (AvgIpc) is 2.86. The molecule has 0 aliphatic rings. The molecule has 0 fully saturated rings. The summed E-state index contributed by atoms with van der Waals surface area (Å²) in [4.78, 5) is 4.64. The minimum atomic E-state index is 0.439. The van der Waals surface area contributed by atoms with E-state index in [2.05, 4.69) is 9.38 Å². The third-order valence-corrected chi connectivity index (χ3v) is 3.27. The summed E-state index contributed by atoms with van der Waals surface area (Å²) in [6.45, 7) is 0.991. The third kappa shape index (κ3) is 2.01. The summed E-state index contributed by atoms with van der Waals surface area (Å²) in [5.74, 6) is 0.916. The van der Waals surface area contributed by atoms with Crippen molar-refractivity contribution in [1.82, 2.24) is 9.38 Å². The molecule has 0 aliphatic carbocycles. The molecule has 4 heteroatoms. The fourth-order valence-corrected chi connectivity index (χ4v) is 2.25. The number of nitrogens with two attached hydrogens (primary N) is 2. The summed E-state index contributed by atoms with van der Waals surface area (Å²) in [7, 11) is 0. The average molecular weight is 252 g/mol. The van der Waals surface area contributed by atoms with Crippen molar-refractivity contribution < 1.29 is 0 Å². The molecule has 4 nitrogen and oxygen atoms in total. The van der Waals surface area contributed by atoms with Gasteiger partial charge in [0.25, 0.3) is 0 Å². The van der Waals surface area contributed by atoms with Crippen molar-refractivity contribution in [2.75, 3.05) is 0 Å². The van der Waals surface area contributed by atoms with Crippen LogP contribution in [-0.4, -0.2) is 9.38 Å². The first-order chi connectivity index (χ1) is 9.33. The number of rotatable bonds is 3. The van der Waals surface area contributed by atoms with Crippen molar-refractivity contribution >= 4 is 5.52 Å². The molecule has 0 spiro atoms. The number of nitrogens with zero attached hydrogens (tertiary/aromatic N) is 2. The SMILES string of the molecule is NCc1ccc(-c2nc(CN)c3ccccn23)cc1. The minimum absolute atomic E-state index is 0.439. The molecular weight excluding hydrogens is 236 g/mol. The molecule has 4 N–H and O–H groups in total. The maximum absolute atomic E-state index is 5.76. The van der Waals surface area contributed by atoms with Gasteiger partial charge in [0.05, 0.1) is 11.2 Å². The molecule has 0 bridgehead atoms. The van der Waals surface area contributed by atoms with Gasteiger partial charge in [-0.1, -0.05) is 30.3 Å². The molecule has 0 aliphatic heterocycles. The largest absolute Gasteiger partial charge is 0.326 e. The number of benzene rings is 1. The fourth-order valence-electron chi connectivity index (χ4n) is 2.25. The zero-order valence-electron chi connectivity index (χ0n) is 10.6. The van der Waals surface area contributed by atoms with E-state index in [1.54, 1.807) is 0 Å². The van der Waals surface area contributed by atoms with Gasteiger partial charge in [-0.3, -0.25) is 4.40 Å². The molecule has 0 saturated heterocycles. The lowest BCUT2D eigenvalue weighted by Gasteiger charge is -2.02. The highest BCUT2D eigenvalue weighted by Crippen LogP contribution is 2.22. The first-order valence-electron chi connectivity index (χ1n) is 6.29. The number of pyridine rings is 1. The van der Waals surface area contributed by atoms with Gasteiger partial charge in [0.1, 0.15) is 5.82 Å². The molecule has 0 amide bonds. The molecule has 3 aromatic rings. The van der Waals surface area contributed by atoms with Gasteiger partial charge < -0.3 is 11.5 Å². The molecule has 0 saturated carbocycles. The predicted octanol–water partition coefficient (Wildman–Crippen LogP) is 1.92. The van der Waals surface area contributed by atoms with E-state index in [-0.39, 0.29) is 0 Å². The summed E-state index contributed by atoms with van der Waals surface area (Å²) in [6.07, 6.45) is 2.01. The van der Waals surface area contributed by atoms with Crippen LogP contribution >= 0.6 is 0 Å². The van der Waals surface area contributed by atoms with E-state index in [1.165, 1.54) is 0 Å². The van der Waals surface area contributed by atoms with E-state index in [0.717, 1.165) is 28.2 Å². The van der Waals surface area contributed by atoms with E-state index in [0.29, 0.717) is 13.1 Å². The molecule has 3 rings (SSSR count). The molecule has 0 unspecified atom stereocenters. The van der Waals surface area contributed by atoms with E-state index in [1.807, 2.05) is 48.7 Å². The second kappa shape index (κ2) is 4.84. The highest BCUT2D eigenvalue weighted by atomic mass is 15.0. The maximum atomic E-state index is 5.76.